The number of aromatic nitrogens is 1. The maximum absolute atomic E-state index is 12.3. The number of fused-ring (bicyclic) bond motifs is 1. The van der Waals surface area contributed by atoms with Crippen LogP contribution in [-0.4, -0.2) is 30.0 Å². The lowest BCUT2D eigenvalue weighted by atomic mass is 9.97. The molecule has 0 saturated carbocycles. The Morgan fingerprint density at radius 3 is 2.91 bits per heavy atom. The van der Waals surface area contributed by atoms with Gasteiger partial charge in [-0.25, -0.2) is 4.98 Å². The number of nitrogens with one attached hydrogen (secondary N) is 2. The van der Waals surface area contributed by atoms with E-state index in [1.807, 2.05) is 54.8 Å². The third-order valence-electron chi connectivity index (χ3n) is 5.19. The number of para-hydroxylation sites is 1. The Balaban J connectivity index is 1.42. The second-order valence-corrected chi connectivity index (χ2v) is 8.34. The van der Waals surface area contributed by atoms with Gasteiger partial charge < -0.3 is 14.8 Å². The van der Waals surface area contributed by atoms with Gasteiger partial charge in [0.15, 0.2) is 11.7 Å². The molecule has 2 heterocycles. The highest BCUT2D eigenvalue weighted by molar-refractivity contribution is 7.14. The molecule has 1 atom stereocenters. The van der Waals surface area contributed by atoms with Gasteiger partial charge in [-0.05, 0) is 36.2 Å². The highest BCUT2D eigenvalue weighted by Crippen LogP contribution is 2.36. The number of aryl methyl sites for hydroxylation is 1. The molecule has 0 radical (unpaired) electrons. The van der Waals surface area contributed by atoms with Crippen LogP contribution in [0.5, 0.6) is 11.5 Å². The van der Waals surface area contributed by atoms with E-state index in [4.69, 9.17) is 9.47 Å². The van der Waals surface area contributed by atoms with Crippen LogP contribution in [-0.2, 0) is 16.0 Å². The zero-order valence-electron chi connectivity index (χ0n) is 18.0. The maximum Gasteiger partial charge on any atom is 0.264 e. The van der Waals surface area contributed by atoms with Gasteiger partial charge in [0.2, 0.25) is 5.91 Å². The quantitative estimate of drug-likeness (QED) is 0.557. The number of rotatable bonds is 7. The standard InChI is InChI=1S/C24H25N3O4S/c1-3-16-6-4-5-7-21(16)31-13-23(29)27-24-26-20(14-32-24)17-8-9-22-18(12-17)19(10-11-30-22)25-15(2)28/h4-9,12,14,19H,3,10-11,13H2,1-2H3,(H,25,28)(H,26,27,29). The van der Waals surface area contributed by atoms with Crippen LogP contribution in [0, 0.1) is 0 Å². The van der Waals surface area contributed by atoms with Crippen LogP contribution in [0.3, 0.4) is 0 Å². The Bertz CT molecular complexity index is 1130. The van der Waals surface area contributed by atoms with E-state index < -0.39 is 0 Å². The van der Waals surface area contributed by atoms with Crippen molar-refractivity contribution >= 4 is 28.3 Å². The van der Waals surface area contributed by atoms with Gasteiger partial charge in [-0.1, -0.05) is 25.1 Å². The van der Waals surface area contributed by atoms with Crippen LogP contribution in [0.2, 0.25) is 0 Å². The molecule has 1 aliphatic rings. The summed E-state index contributed by atoms with van der Waals surface area (Å²) in [6.45, 7) is 4.04. The van der Waals surface area contributed by atoms with Gasteiger partial charge in [-0.3, -0.25) is 14.9 Å². The summed E-state index contributed by atoms with van der Waals surface area (Å²) in [5, 5.41) is 8.17. The Hall–Kier alpha value is -3.39. The van der Waals surface area contributed by atoms with Crippen LogP contribution in [0.4, 0.5) is 5.13 Å². The van der Waals surface area contributed by atoms with Crippen molar-refractivity contribution in [1.82, 2.24) is 10.3 Å². The van der Waals surface area contributed by atoms with Crippen molar-refractivity contribution < 1.29 is 19.1 Å². The minimum Gasteiger partial charge on any atom is -0.493 e. The minimum atomic E-state index is -0.263. The van der Waals surface area contributed by atoms with E-state index in [0.717, 1.165) is 46.7 Å². The fraction of sp³-hybridized carbons (Fsp3) is 0.292. The second-order valence-electron chi connectivity index (χ2n) is 7.48. The summed E-state index contributed by atoms with van der Waals surface area (Å²) in [6, 6.07) is 13.4. The highest BCUT2D eigenvalue weighted by Gasteiger charge is 2.23. The second kappa shape index (κ2) is 9.82. The van der Waals surface area contributed by atoms with E-state index in [9.17, 15) is 9.59 Å². The van der Waals surface area contributed by atoms with E-state index >= 15 is 0 Å². The lowest BCUT2D eigenvalue weighted by Gasteiger charge is -2.26. The predicted molar refractivity (Wildman–Crippen MR) is 124 cm³/mol. The molecule has 166 valence electrons. The summed E-state index contributed by atoms with van der Waals surface area (Å²) in [6.07, 6.45) is 1.55. The number of carbonyl (C=O) groups excluding carboxylic acids is 2. The number of amides is 2. The third kappa shape index (κ3) is 5.08. The average molecular weight is 452 g/mol. The van der Waals surface area contributed by atoms with Crippen molar-refractivity contribution in [2.75, 3.05) is 18.5 Å². The normalized spacial score (nSPS) is 14.8. The number of benzene rings is 2. The van der Waals surface area contributed by atoms with Crippen molar-refractivity contribution in [2.45, 2.75) is 32.7 Å². The van der Waals surface area contributed by atoms with Gasteiger partial charge >= 0.3 is 0 Å². The molecule has 4 rings (SSSR count). The molecule has 3 aromatic rings. The Morgan fingerprint density at radius 2 is 2.09 bits per heavy atom. The van der Waals surface area contributed by atoms with Crippen LogP contribution in [0.1, 0.15) is 37.4 Å². The predicted octanol–water partition coefficient (Wildman–Crippen LogP) is 4.35. The zero-order chi connectivity index (χ0) is 22.5. The van der Waals surface area contributed by atoms with E-state index in [1.165, 1.54) is 18.3 Å². The molecule has 2 N–H and O–H groups in total. The zero-order valence-corrected chi connectivity index (χ0v) is 18.8. The molecule has 2 aromatic carbocycles. The summed E-state index contributed by atoms with van der Waals surface area (Å²) < 4.78 is 11.4. The maximum atomic E-state index is 12.3. The van der Waals surface area contributed by atoms with E-state index in [0.29, 0.717) is 11.7 Å². The lowest BCUT2D eigenvalue weighted by molar-refractivity contribution is -0.120. The van der Waals surface area contributed by atoms with Gasteiger partial charge in [0.25, 0.3) is 5.91 Å². The van der Waals surface area contributed by atoms with Crippen molar-refractivity contribution in [2.24, 2.45) is 0 Å². The van der Waals surface area contributed by atoms with Crippen LogP contribution in [0.25, 0.3) is 11.3 Å². The highest BCUT2D eigenvalue weighted by atomic mass is 32.1. The molecule has 7 nitrogen and oxygen atoms in total. The summed E-state index contributed by atoms with van der Waals surface area (Å²) in [4.78, 5) is 28.4. The first kappa shape index (κ1) is 21.8. The summed E-state index contributed by atoms with van der Waals surface area (Å²) in [5.74, 6) is 1.15. The fourth-order valence-corrected chi connectivity index (χ4v) is 4.38. The molecule has 8 heteroatoms. The first-order valence-electron chi connectivity index (χ1n) is 10.5. The fourth-order valence-electron chi connectivity index (χ4n) is 3.65. The van der Waals surface area contributed by atoms with Crippen molar-refractivity contribution in [1.29, 1.82) is 0 Å². The number of ether oxygens (including phenoxy) is 2. The Morgan fingerprint density at radius 1 is 1.25 bits per heavy atom. The van der Waals surface area contributed by atoms with Gasteiger partial charge in [0, 0.05) is 29.9 Å². The summed E-state index contributed by atoms with van der Waals surface area (Å²) >= 11 is 1.35. The molecular weight excluding hydrogens is 426 g/mol. The minimum absolute atomic E-state index is 0.0734. The first-order chi connectivity index (χ1) is 15.5. The van der Waals surface area contributed by atoms with E-state index in [2.05, 4.69) is 15.6 Å². The van der Waals surface area contributed by atoms with Crippen LogP contribution in [0.15, 0.2) is 47.8 Å². The molecule has 2 amide bonds. The third-order valence-corrected chi connectivity index (χ3v) is 5.94. The van der Waals surface area contributed by atoms with Crippen molar-refractivity contribution in [3.8, 4) is 22.8 Å². The molecule has 0 saturated heterocycles. The number of nitrogens with zero attached hydrogens (tertiary/aromatic N) is 1. The largest absolute Gasteiger partial charge is 0.493 e. The van der Waals surface area contributed by atoms with Crippen molar-refractivity contribution in [3.05, 3.63) is 59.0 Å². The SMILES string of the molecule is CCc1ccccc1OCC(=O)Nc1nc(-c2ccc3c(c2)C(NC(C)=O)CCO3)cs1. The summed E-state index contributed by atoms with van der Waals surface area (Å²) in [7, 11) is 0. The van der Waals surface area contributed by atoms with Gasteiger partial charge in [-0.15, -0.1) is 11.3 Å². The molecule has 0 spiro atoms. The van der Waals surface area contributed by atoms with E-state index in [1.54, 1.807) is 0 Å². The van der Waals surface area contributed by atoms with Crippen molar-refractivity contribution in [3.63, 3.8) is 0 Å². The van der Waals surface area contributed by atoms with Gasteiger partial charge in [0.1, 0.15) is 11.5 Å². The van der Waals surface area contributed by atoms with Gasteiger partial charge in [-0.2, -0.15) is 0 Å². The average Bonchev–Trinajstić information content (AvgIpc) is 3.26. The smallest absolute Gasteiger partial charge is 0.264 e. The number of hydrogen-bond acceptors (Lipinski definition) is 6. The number of carbonyl (C=O) groups is 2. The number of hydrogen-bond donors (Lipinski definition) is 2. The summed E-state index contributed by atoms with van der Waals surface area (Å²) in [5.41, 5.74) is 3.64. The Labute approximate surface area is 190 Å². The van der Waals surface area contributed by atoms with Crippen LogP contribution >= 0.6 is 11.3 Å². The Kier molecular flexibility index (Phi) is 6.70. The topological polar surface area (TPSA) is 89.5 Å². The number of anilines is 1. The van der Waals surface area contributed by atoms with Gasteiger partial charge in [0.05, 0.1) is 18.3 Å². The molecule has 32 heavy (non-hydrogen) atoms. The molecule has 0 bridgehead atoms. The molecular formula is C24H25N3O4S. The number of thiazole rings is 1. The van der Waals surface area contributed by atoms with E-state index in [-0.39, 0.29) is 24.5 Å². The van der Waals surface area contributed by atoms with Crippen LogP contribution < -0.4 is 20.1 Å². The molecule has 0 fully saturated rings. The molecule has 1 aromatic heterocycles. The first-order valence-corrected chi connectivity index (χ1v) is 11.4. The monoisotopic (exact) mass is 451 g/mol. The molecule has 1 unspecified atom stereocenters. The molecule has 0 aliphatic carbocycles. The lowest BCUT2D eigenvalue weighted by Crippen LogP contribution is -2.30. The molecule has 1 aliphatic heterocycles.